The van der Waals surface area contributed by atoms with Gasteiger partial charge < -0.3 is 10.0 Å². The van der Waals surface area contributed by atoms with E-state index in [9.17, 15) is 9.90 Å². The highest BCUT2D eigenvalue weighted by Gasteiger charge is 2.46. The zero-order chi connectivity index (χ0) is 10.4. The van der Waals surface area contributed by atoms with Crippen molar-refractivity contribution in [3.8, 4) is 0 Å². The van der Waals surface area contributed by atoms with E-state index in [0.29, 0.717) is 13.1 Å². The lowest BCUT2D eigenvalue weighted by Crippen LogP contribution is -2.63. The van der Waals surface area contributed by atoms with E-state index in [-0.39, 0.29) is 11.3 Å². The third-order valence-corrected chi connectivity index (χ3v) is 3.57. The summed E-state index contributed by atoms with van der Waals surface area (Å²) in [5.41, 5.74) is -0.763. The van der Waals surface area contributed by atoms with Crippen LogP contribution in [-0.2, 0) is 4.79 Å². The average molecular weight is 197 g/mol. The van der Waals surface area contributed by atoms with E-state index in [1.165, 1.54) is 12.8 Å². The number of nitrogens with zero attached hydrogens (tertiary/aromatic N) is 1. The van der Waals surface area contributed by atoms with Gasteiger partial charge in [0.25, 0.3) is 0 Å². The molecule has 0 unspecified atom stereocenters. The predicted octanol–water partition coefficient (Wildman–Crippen LogP) is 1.16. The summed E-state index contributed by atoms with van der Waals surface area (Å²) in [6, 6.07) is 0. The molecule has 0 aromatic carbocycles. The second-order valence-electron chi connectivity index (χ2n) is 5.43. The number of amides is 1. The van der Waals surface area contributed by atoms with E-state index >= 15 is 0 Å². The molecule has 0 aromatic rings. The van der Waals surface area contributed by atoms with Crippen LogP contribution in [0.1, 0.15) is 39.5 Å². The fourth-order valence-electron chi connectivity index (χ4n) is 2.67. The van der Waals surface area contributed by atoms with Crippen molar-refractivity contribution in [3.63, 3.8) is 0 Å². The molecule has 2 rings (SSSR count). The van der Waals surface area contributed by atoms with Gasteiger partial charge >= 0.3 is 0 Å². The van der Waals surface area contributed by atoms with Crippen LogP contribution in [0.3, 0.4) is 0 Å². The minimum Gasteiger partial charge on any atom is -0.386 e. The van der Waals surface area contributed by atoms with E-state index in [1.54, 1.807) is 11.8 Å². The highest BCUT2D eigenvalue weighted by atomic mass is 16.3. The molecule has 1 aliphatic carbocycles. The summed E-state index contributed by atoms with van der Waals surface area (Å²) in [5, 5.41) is 9.57. The maximum absolute atomic E-state index is 12.1. The second kappa shape index (κ2) is 2.96. The summed E-state index contributed by atoms with van der Waals surface area (Å²) in [6.07, 6.45) is 4.38. The summed E-state index contributed by atoms with van der Waals surface area (Å²) in [5.74, 6) is 0.251. The smallest absolute Gasteiger partial charge is 0.228 e. The van der Waals surface area contributed by atoms with Crippen molar-refractivity contribution in [1.29, 1.82) is 0 Å². The highest BCUT2D eigenvalue weighted by molar-refractivity contribution is 5.83. The van der Waals surface area contributed by atoms with E-state index in [2.05, 4.69) is 6.92 Å². The molecule has 14 heavy (non-hydrogen) atoms. The quantitative estimate of drug-likeness (QED) is 0.685. The maximum Gasteiger partial charge on any atom is 0.228 e. The monoisotopic (exact) mass is 197 g/mol. The average Bonchev–Trinajstić information content (AvgIpc) is 2.47. The fraction of sp³-hybridized carbons (Fsp3) is 0.909. The van der Waals surface area contributed by atoms with Crippen LogP contribution in [0.2, 0.25) is 0 Å². The number of rotatable bonds is 1. The largest absolute Gasteiger partial charge is 0.386 e. The number of β-amino-alcohol motifs (C(OH)–C–C–N with tert-alkyl or cyclic N) is 1. The third-order valence-electron chi connectivity index (χ3n) is 3.57. The van der Waals surface area contributed by atoms with Crippen molar-refractivity contribution in [2.24, 2.45) is 5.41 Å². The van der Waals surface area contributed by atoms with E-state index in [0.717, 1.165) is 12.8 Å². The minimum absolute atomic E-state index is 0.128. The molecular weight excluding hydrogens is 178 g/mol. The summed E-state index contributed by atoms with van der Waals surface area (Å²) < 4.78 is 0. The first-order chi connectivity index (χ1) is 6.43. The van der Waals surface area contributed by atoms with E-state index in [4.69, 9.17) is 0 Å². The Kier molecular flexibility index (Phi) is 2.11. The van der Waals surface area contributed by atoms with Crippen LogP contribution in [0, 0.1) is 5.41 Å². The van der Waals surface area contributed by atoms with Gasteiger partial charge in [0.2, 0.25) is 5.91 Å². The van der Waals surface area contributed by atoms with E-state index in [1.807, 2.05) is 0 Å². The molecule has 0 radical (unpaired) electrons. The van der Waals surface area contributed by atoms with Gasteiger partial charge in [-0.15, -0.1) is 0 Å². The van der Waals surface area contributed by atoms with Crippen LogP contribution in [0.5, 0.6) is 0 Å². The molecule has 0 spiro atoms. The molecule has 80 valence electrons. The molecule has 0 atom stereocenters. The summed E-state index contributed by atoms with van der Waals surface area (Å²) in [7, 11) is 0. The Balaban J connectivity index is 1.96. The van der Waals surface area contributed by atoms with Gasteiger partial charge in [0.15, 0.2) is 0 Å². The van der Waals surface area contributed by atoms with Gasteiger partial charge in [-0.25, -0.2) is 0 Å². The Morgan fingerprint density at radius 3 is 2.14 bits per heavy atom. The Bertz CT molecular complexity index is 246. The van der Waals surface area contributed by atoms with E-state index < -0.39 is 5.60 Å². The Morgan fingerprint density at radius 1 is 1.21 bits per heavy atom. The van der Waals surface area contributed by atoms with Crippen molar-refractivity contribution < 1.29 is 9.90 Å². The normalized spacial score (nSPS) is 28.6. The van der Waals surface area contributed by atoms with Crippen molar-refractivity contribution in [2.45, 2.75) is 45.1 Å². The van der Waals surface area contributed by atoms with Crippen LogP contribution >= 0.6 is 0 Å². The lowest BCUT2D eigenvalue weighted by atomic mass is 9.84. The van der Waals surface area contributed by atoms with Crippen LogP contribution in [0.4, 0.5) is 0 Å². The maximum atomic E-state index is 12.1. The summed E-state index contributed by atoms with van der Waals surface area (Å²) in [6.45, 7) is 4.88. The predicted molar refractivity (Wildman–Crippen MR) is 53.8 cm³/mol. The van der Waals surface area contributed by atoms with Crippen molar-refractivity contribution >= 4 is 5.91 Å². The first-order valence-corrected chi connectivity index (χ1v) is 5.45. The first kappa shape index (κ1) is 9.97. The lowest BCUT2D eigenvalue weighted by molar-refractivity contribution is -0.162. The van der Waals surface area contributed by atoms with Gasteiger partial charge in [-0.05, 0) is 19.8 Å². The lowest BCUT2D eigenvalue weighted by Gasteiger charge is -2.47. The molecule has 2 fully saturated rings. The van der Waals surface area contributed by atoms with Crippen LogP contribution in [0.15, 0.2) is 0 Å². The number of hydrogen-bond acceptors (Lipinski definition) is 2. The molecule has 1 heterocycles. The molecule has 3 heteroatoms. The zero-order valence-electron chi connectivity index (χ0n) is 9.05. The fourth-order valence-corrected chi connectivity index (χ4v) is 2.67. The van der Waals surface area contributed by atoms with Crippen LogP contribution in [-0.4, -0.2) is 34.6 Å². The zero-order valence-corrected chi connectivity index (χ0v) is 9.05. The van der Waals surface area contributed by atoms with Crippen molar-refractivity contribution in [1.82, 2.24) is 4.90 Å². The van der Waals surface area contributed by atoms with Gasteiger partial charge in [-0.2, -0.15) is 0 Å². The molecule has 0 aromatic heterocycles. The highest BCUT2D eigenvalue weighted by Crippen LogP contribution is 2.40. The van der Waals surface area contributed by atoms with Gasteiger partial charge in [0.1, 0.15) is 0 Å². The molecule has 1 saturated carbocycles. The molecule has 1 aliphatic heterocycles. The Hall–Kier alpha value is -0.570. The van der Waals surface area contributed by atoms with Gasteiger partial charge in [-0.1, -0.05) is 19.8 Å². The first-order valence-electron chi connectivity index (χ1n) is 5.45. The third kappa shape index (κ3) is 1.54. The molecule has 0 bridgehead atoms. The number of likely N-dealkylation sites (tertiary alicyclic amines) is 1. The minimum atomic E-state index is -0.634. The van der Waals surface area contributed by atoms with Crippen LogP contribution in [0.25, 0.3) is 0 Å². The van der Waals surface area contributed by atoms with Crippen molar-refractivity contribution in [3.05, 3.63) is 0 Å². The number of carbonyl (C=O) groups is 1. The molecule has 3 nitrogen and oxygen atoms in total. The van der Waals surface area contributed by atoms with Gasteiger partial charge in [-0.3, -0.25) is 4.79 Å². The second-order valence-corrected chi connectivity index (χ2v) is 5.43. The standard InChI is InChI=1S/C11H19NO2/c1-10(5-3-4-6-10)9(13)12-7-11(2,14)8-12/h14H,3-8H2,1-2H3. The Morgan fingerprint density at radius 2 is 1.71 bits per heavy atom. The molecule has 1 saturated heterocycles. The molecule has 1 N–H and O–H groups in total. The molecule has 2 aliphatic rings. The van der Waals surface area contributed by atoms with Gasteiger partial charge in [0, 0.05) is 5.41 Å². The summed E-state index contributed by atoms with van der Waals surface area (Å²) in [4.78, 5) is 13.8. The number of hydrogen-bond donors (Lipinski definition) is 1. The molecule has 1 amide bonds. The van der Waals surface area contributed by atoms with Crippen molar-refractivity contribution in [2.75, 3.05) is 13.1 Å². The Labute approximate surface area is 85.1 Å². The SMILES string of the molecule is CC1(O)CN(C(=O)C2(C)CCCC2)C1. The van der Waals surface area contributed by atoms with Crippen LogP contribution < -0.4 is 0 Å². The molecular formula is C11H19NO2. The van der Waals surface area contributed by atoms with Gasteiger partial charge in [0.05, 0.1) is 18.7 Å². The number of aliphatic hydroxyl groups is 1. The summed E-state index contributed by atoms with van der Waals surface area (Å²) >= 11 is 0. The number of carbonyl (C=O) groups excluding carboxylic acids is 1. The topological polar surface area (TPSA) is 40.5 Å².